The fourth-order valence-electron chi connectivity index (χ4n) is 3.22. The van der Waals surface area contributed by atoms with E-state index in [9.17, 15) is 18.0 Å². The Morgan fingerprint density at radius 1 is 0.973 bits per heavy atom. The van der Waals surface area contributed by atoms with E-state index in [1.807, 2.05) is 30.3 Å². The molecule has 0 fully saturated rings. The number of nitrogens with zero attached hydrogens (tertiary/aromatic N) is 2. The molecule has 0 aliphatic carbocycles. The monoisotopic (exact) mass is 586 g/mol. The Balaban J connectivity index is 1.44. The first-order chi connectivity index (χ1) is 17.7. The van der Waals surface area contributed by atoms with Crippen LogP contribution in [-0.2, 0) is 26.0 Å². The highest BCUT2D eigenvalue weighted by Gasteiger charge is 2.22. The van der Waals surface area contributed by atoms with Crippen LogP contribution in [0.5, 0.6) is 5.75 Å². The van der Waals surface area contributed by atoms with E-state index in [4.69, 9.17) is 4.74 Å². The molecule has 3 rings (SSSR count). The number of amides is 2. The summed E-state index contributed by atoms with van der Waals surface area (Å²) < 4.78 is 31.4. The highest BCUT2D eigenvalue weighted by atomic mass is 79.9. The van der Waals surface area contributed by atoms with Crippen LogP contribution in [0.15, 0.2) is 88.4 Å². The van der Waals surface area contributed by atoms with E-state index in [1.54, 1.807) is 48.5 Å². The zero-order valence-corrected chi connectivity index (χ0v) is 22.5. The summed E-state index contributed by atoms with van der Waals surface area (Å²) in [5.74, 6) is -0.303. The number of halogens is 1. The van der Waals surface area contributed by atoms with Crippen LogP contribution in [0.4, 0.5) is 5.69 Å². The molecule has 0 radical (unpaired) electrons. The molecule has 3 aromatic carbocycles. The Kier molecular flexibility index (Phi) is 10.2. The molecule has 0 unspecified atom stereocenters. The lowest BCUT2D eigenvalue weighted by Crippen LogP contribution is -2.39. The predicted octanol–water partition coefficient (Wildman–Crippen LogP) is 3.10. The molecule has 0 aliphatic heterocycles. The summed E-state index contributed by atoms with van der Waals surface area (Å²) >= 11 is 3.31. The molecule has 0 bridgehead atoms. The fraction of sp³-hybridized carbons (Fsp3) is 0.192. The molecule has 0 saturated heterocycles. The quantitative estimate of drug-likeness (QED) is 0.250. The van der Waals surface area contributed by atoms with Crippen molar-refractivity contribution in [1.29, 1.82) is 0 Å². The Labute approximate surface area is 224 Å². The van der Waals surface area contributed by atoms with Crippen molar-refractivity contribution in [3.05, 3.63) is 94.5 Å². The van der Waals surface area contributed by atoms with E-state index >= 15 is 0 Å². The number of anilines is 1. The van der Waals surface area contributed by atoms with Gasteiger partial charge in [0.15, 0.2) is 6.61 Å². The van der Waals surface area contributed by atoms with Gasteiger partial charge in [-0.15, -0.1) is 0 Å². The molecule has 2 amide bonds. The van der Waals surface area contributed by atoms with Crippen LogP contribution >= 0.6 is 15.9 Å². The Hall–Kier alpha value is -3.70. The van der Waals surface area contributed by atoms with E-state index < -0.39 is 22.5 Å². The molecule has 37 heavy (non-hydrogen) atoms. The first kappa shape index (κ1) is 27.9. The van der Waals surface area contributed by atoms with Gasteiger partial charge in [-0.05, 0) is 69.9 Å². The van der Waals surface area contributed by atoms with Gasteiger partial charge < -0.3 is 10.1 Å². The van der Waals surface area contributed by atoms with Crippen molar-refractivity contribution in [2.45, 2.75) is 6.42 Å². The van der Waals surface area contributed by atoms with Crippen molar-refractivity contribution in [1.82, 2.24) is 10.7 Å². The highest BCUT2D eigenvalue weighted by molar-refractivity contribution is 9.10. The maximum Gasteiger partial charge on any atom is 0.260 e. The van der Waals surface area contributed by atoms with Crippen molar-refractivity contribution in [3.8, 4) is 5.75 Å². The van der Waals surface area contributed by atoms with Crippen LogP contribution in [0.2, 0.25) is 0 Å². The van der Waals surface area contributed by atoms with Crippen LogP contribution < -0.4 is 19.8 Å². The zero-order chi connectivity index (χ0) is 26.7. The highest BCUT2D eigenvalue weighted by Crippen LogP contribution is 2.27. The van der Waals surface area contributed by atoms with Gasteiger partial charge in [0.1, 0.15) is 12.3 Å². The topological polar surface area (TPSA) is 117 Å². The normalized spacial score (nSPS) is 11.2. The minimum atomic E-state index is -3.70. The van der Waals surface area contributed by atoms with Gasteiger partial charge in [-0.25, -0.2) is 13.8 Å². The number of carbonyl (C=O) groups excluding carboxylic acids is 2. The number of hydrogen-bond donors (Lipinski definition) is 2. The Bertz CT molecular complexity index is 1330. The van der Waals surface area contributed by atoms with E-state index in [1.165, 1.54) is 6.21 Å². The van der Waals surface area contributed by atoms with Crippen LogP contribution in [0, 0.1) is 0 Å². The van der Waals surface area contributed by atoms with Gasteiger partial charge in [-0.2, -0.15) is 5.10 Å². The van der Waals surface area contributed by atoms with E-state index in [-0.39, 0.29) is 12.5 Å². The second-order valence-corrected chi connectivity index (χ2v) is 10.7. The lowest BCUT2D eigenvalue weighted by molar-refractivity contribution is -0.123. The molecule has 2 N–H and O–H groups in total. The molecule has 0 heterocycles. The first-order valence-corrected chi connectivity index (χ1v) is 13.9. The lowest BCUT2D eigenvalue weighted by Gasteiger charge is -2.22. The molecule has 0 saturated carbocycles. The van der Waals surface area contributed by atoms with Crippen molar-refractivity contribution in [2.24, 2.45) is 5.10 Å². The molecule has 3 aromatic rings. The smallest absolute Gasteiger partial charge is 0.260 e. The van der Waals surface area contributed by atoms with Crippen LogP contribution in [-0.4, -0.2) is 52.4 Å². The number of benzene rings is 3. The van der Waals surface area contributed by atoms with E-state index in [2.05, 4.69) is 31.8 Å². The largest absolute Gasteiger partial charge is 0.484 e. The number of hydrogen-bond acceptors (Lipinski definition) is 6. The van der Waals surface area contributed by atoms with Crippen LogP contribution in [0.3, 0.4) is 0 Å². The van der Waals surface area contributed by atoms with Gasteiger partial charge in [-0.3, -0.25) is 13.9 Å². The molecule has 194 valence electrons. The summed E-state index contributed by atoms with van der Waals surface area (Å²) in [6.07, 6.45) is 3.19. The van der Waals surface area contributed by atoms with Crippen LogP contribution in [0.25, 0.3) is 0 Å². The summed E-state index contributed by atoms with van der Waals surface area (Å²) in [6.45, 7) is -0.0104. The third-order valence-corrected chi connectivity index (χ3v) is 6.84. The average molecular weight is 587 g/mol. The third-order valence-electron chi connectivity index (χ3n) is 5.04. The number of rotatable bonds is 12. The maximum atomic E-state index is 12.3. The third kappa shape index (κ3) is 9.36. The lowest BCUT2D eigenvalue weighted by atomic mass is 10.1. The van der Waals surface area contributed by atoms with Gasteiger partial charge in [-0.1, -0.05) is 42.5 Å². The van der Waals surface area contributed by atoms with Crippen molar-refractivity contribution >= 4 is 49.7 Å². The predicted molar refractivity (Wildman–Crippen MR) is 147 cm³/mol. The Morgan fingerprint density at radius 2 is 1.65 bits per heavy atom. The molecule has 0 atom stereocenters. The molecule has 0 spiro atoms. The van der Waals surface area contributed by atoms with Gasteiger partial charge >= 0.3 is 0 Å². The SMILES string of the molecule is CS(=O)(=O)N(CC(=O)N/N=C\c1ccc(OCC(=O)NCCc2ccccc2)cc1)c1ccccc1Br. The summed E-state index contributed by atoms with van der Waals surface area (Å²) in [6, 6.07) is 23.4. The molecule has 11 heteroatoms. The maximum absolute atomic E-state index is 12.3. The van der Waals surface area contributed by atoms with Crippen molar-refractivity contribution in [2.75, 3.05) is 30.3 Å². The molecular formula is C26H27BrN4O5S. The van der Waals surface area contributed by atoms with Gasteiger partial charge in [0, 0.05) is 11.0 Å². The fourth-order valence-corrected chi connectivity index (χ4v) is 4.71. The van der Waals surface area contributed by atoms with Gasteiger partial charge in [0.05, 0.1) is 18.2 Å². The Morgan fingerprint density at radius 3 is 2.32 bits per heavy atom. The first-order valence-electron chi connectivity index (χ1n) is 11.3. The van der Waals surface area contributed by atoms with E-state index in [0.717, 1.165) is 22.5 Å². The minimum Gasteiger partial charge on any atom is -0.484 e. The van der Waals surface area contributed by atoms with Crippen molar-refractivity contribution < 1.29 is 22.7 Å². The molecule has 9 nitrogen and oxygen atoms in total. The van der Waals surface area contributed by atoms with Crippen molar-refractivity contribution in [3.63, 3.8) is 0 Å². The molecule has 0 aromatic heterocycles. The van der Waals surface area contributed by atoms with Gasteiger partial charge in [0.2, 0.25) is 10.0 Å². The van der Waals surface area contributed by atoms with Crippen LogP contribution in [0.1, 0.15) is 11.1 Å². The number of sulfonamides is 1. The average Bonchev–Trinajstić information content (AvgIpc) is 2.87. The zero-order valence-electron chi connectivity index (χ0n) is 20.1. The second-order valence-electron chi connectivity index (χ2n) is 7.96. The van der Waals surface area contributed by atoms with E-state index in [0.29, 0.717) is 28.0 Å². The number of ether oxygens (including phenoxy) is 1. The standard InChI is InChI=1S/C26H27BrN4O5S/c1-37(34,35)31(24-10-6-5-9-23(24)27)18-25(32)30-29-17-21-11-13-22(14-12-21)36-19-26(33)28-16-15-20-7-3-2-4-8-20/h2-14,17H,15-16,18-19H2,1H3,(H,28,33)(H,30,32)/b29-17-. The molecular weight excluding hydrogens is 560 g/mol. The second kappa shape index (κ2) is 13.6. The number of para-hydroxylation sites is 1. The number of nitrogens with one attached hydrogen (secondary N) is 2. The number of hydrazone groups is 1. The minimum absolute atomic E-state index is 0.105. The van der Waals surface area contributed by atoms with Gasteiger partial charge in [0.25, 0.3) is 11.8 Å². The summed E-state index contributed by atoms with van der Waals surface area (Å²) in [5, 5.41) is 6.71. The number of carbonyl (C=O) groups is 2. The summed E-state index contributed by atoms with van der Waals surface area (Å²) in [4.78, 5) is 24.3. The summed E-state index contributed by atoms with van der Waals surface area (Å²) in [7, 11) is -3.70. The summed E-state index contributed by atoms with van der Waals surface area (Å²) in [5.41, 5.74) is 4.50. The molecule has 0 aliphatic rings.